The van der Waals surface area contributed by atoms with Gasteiger partial charge in [0, 0.05) is 5.92 Å². The van der Waals surface area contributed by atoms with Gasteiger partial charge < -0.3 is 5.73 Å². The Hall–Kier alpha value is -1.60. The second kappa shape index (κ2) is 5.65. The molecule has 2 N–H and O–H groups in total. The molecular formula is C16H19N. The lowest BCUT2D eigenvalue weighted by molar-refractivity contribution is 0.692. The van der Waals surface area contributed by atoms with E-state index in [-0.39, 0.29) is 0 Å². The van der Waals surface area contributed by atoms with E-state index in [4.69, 9.17) is 5.73 Å². The van der Waals surface area contributed by atoms with E-state index in [0.29, 0.717) is 12.5 Å². The van der Waals surface area contributed by atoms with Crippen LogP contribution in [-0.2, 0) is 6.42 Å². The molecule has 2 rings (SSSR count). The number of hydrogen-bond acceptors (Lipinski definition) is 1. The van der Waals surface area contributed by atoms with Crippen molar-refractivity contribution in [2.75, 3.05) is 6.54 Å². The third kappa shape index (κ3) is 2.95. The highest BCUT2D eigenvalue weighted by Gasteiger charge is 2.11. The molecular weight excluding hydrogens is 206 g/mol. The Bertz CT molecular complexity index is 462. The maximum absolute atomic E-state index is 5.90. The minimum Gasteiger partial charge on any atom is -0.330 e. The van der Waals surface area contributed by atoms with Crippen molar-refractivity contribution in [1.29, 1.82) is 0 Å². The molecule has 0 aliphatic rings. The highest BCUT2D eigenvalue weighted by Crippen LogP contribution is 2.21. The molecule has 0 bridgehead atoms. The summed E-state index contributed by atoms with van der Waals surface area (Å²) in [4.78, 5) is 0. The van der Waals surface area contributed by atoms with Gasteiger partial charge in [0.25, 0.3) is 0 Å². The topological polar surface area (TPSA) is 26.0 Å². The molecule has 1 unspecified atom stereocenters. The monoisotopic (exact) mass is 225 g/mol. The van der Waals surface area contributed by atoms with E-state index in [9.17, 15) is 0 Å². The molecule has 0 radical (unpaired) electrons. The highest BCUT2D eigenvalue weighted by atomic mass is 14.5. The van der Waals surface area contributed by atoms with Crippen LogP contribution in [0.25, 0.3) is 0 Å². The van der Waals surface area contributed by atoms with Crippen molar-refractivity contribution in [3.05, 3.63) is 71.3 Å². The van der Waals surface area contributed by atoms with Crippen LogP contribution >= 0.6 is 0 Å². The summed E-state index contributed by atoms with van der Waals surface area (Å²) in [6, 6.07) is 19.1. The fraction of sp³-hybridized carbons (Fsp3) is 0.250. The van der Waals surface area contributed by atoms with Gasteiger partial charge in [-0.2, -0.15) is 0 Å². The van der Waals surface area contributed by atoms with Crippen LogP contribution in [-0.4, -0.2) is 6.54 Å². The van der Waals surface area contributed by atoms with Crippen molar-refractivity contribution < 1.29 is 0 Å². The summed E-state index contributed by atoms with van der Waals surface area (Å²) in [5.74, 6) is 0.414. The van der Waals surface area contributed by atoms with E-state index in [0.717, 1.165) is 6.42 Å². The van der Waals surface area contributed by atoms with E-state index in [1.54, 1.807) is 0 Å². The molecule has 0 amide bonds. The zero-order chi connectivity index (χ0) is 12.1. The fourth-order valence-electron chi connectivity index (χ4n) is 2.17. The van der Waals surface area contributed by atoms with Crippen molar-refractivity contribution in [3.8, 4) is 0 Å². The van der Waals surface area contributed by atoms with E-state index in [2.05, 4.69) is 55.5 Å². The van der Waals surface area contributed by atoms with Gasteiger partial charge in [0.1, 0.15) is 0 Å². The molecule has 88 valence electrons. The van der Waals surface area contributed by atoms with E-state index < -0.39 is 0 Å². The first kappa shape index (κ1) is 11.9. The van der Waals surface area contributed by atoms with Crippen molar-refractivity contribution in [1.82, 2.24) is 0 Å². The smallest absolute Gasteiger partial charge is 0.000167 e. The summed E-state index contributed by atoms with van der Waals surface area (Å²) < 4.78 is 0. The van der Waals surface area contributed by atoms with Gasteiger partial charge in [-0.3, -0.25) is 0 Å². The van der Waals surface area contributed by atoms with Gasteiger partial charge in [-0.1, -0.05) is 54.6 Å². The van der Waals surface area contributed by atoms with Gasteiger partial charge in [0.15, 0.2) is 0 Å². The first-order valence-corrected chi connectivity index (χ1v) is 6.11. The molecule has 0 aliphatic carbocycles. The molecule has 1 atom stereocenters. The van der Waals surface area contributed by atoms with Crippen LogP contribution in [0.3, 0.4) is 0 Å². The lowest BCUT2D eigenvalue weighted by atomic mass is 9.90. The summed E-state index contributed by atoms with van der Waals surface area (Å²) in [6.07, 6.45) is 1.02. The molecule has 0 heterocycles. The summed E-state index contributed by atoms with van der Waals surface area (Å²) in [5.41, 5.74) is 9.98. The summed E-state index contributed by atoms with van der Waals surface area (Å²) in [7, 11) is 0. The zero-order valence-electron chi connectivity index (χ0n) is 10.3. The molecule has 2 aromatic carbocycles. The number of hydrogen-bond donors (Lipinski definition) is 1. The van der Waals surface area contributed by atoms with Crippen LogP contribution in [0.1, 0.15) is 22.6 Å². The van der Waals surface area contributed by atoms with Crippen LogP contribution in [0.2, 0.25) is 0 Å². The molecule has 17 heavy (non-hydrogen) atoms. The van der Waals surface area contributed by atoms with Crippen LogP contribution < -0.4 is 5.73 Å². The first-order chi connectivity index (χ1) is 8.31. The van der Waals surface area contributed by atoms with E-state index in [1.807, 2.05) is 6.07 Å². The lowest BCUT2D eigenvalue weighted by Gasteiger charge is -2.16. The Morgan fingerprint density at radius 1 is 0.941 bits per heavy atom. The molecule has 1 heteroatoms. The van der Waals surface area contributed by atoms with Crippen LogP contribution in [0.15, 0.2) is 54.6 Å². The van der Waals surface area contributed by atoms with Gasteiger partial charge in [0.2, 0.25) is 0 Å². The predicted molar refractivity (Wildman–Crippen MR) is 73.1 cm³/mol. The van der Waals surface area contributed by atoms with Gasteiger partial charge in [-0.15, -0.1) is 0 Å². The third-order valence-corrected chi connectivity index (χ3v) is 3.28. The number of rotatable bonds is 4. The normalized spacial score (nSPS) is 12.4. The molecule has 0 fully saturated rings. The maximum atomic E-state index is 5.90. The largest absolute Gasteiger partial charge is 0.330 e. The minimum atomic E-state index is 0.414. The Morgan fingerprint density at radius 2 is 1.59 bits per heavy atom. The van der Waals surface area contributed by atoms with Crippen molar-refractivity contribution in [3.63, 3.8) is 0 Å². The van der Waals surface area contributed by atoms with Gasteiger partial charge in [0.05, 0.1) is 0 Å². The van der Waals surface area contributed by atoms with Crippen LogP contribution in [0, 0.1) is 6.92 Å². The Labute approximate surface area is 103 Å². The standard InChI is InChI=1S/C16H19N/c1-13-7-5-6-10-15(13)11-16(12-17)14-8-3-2-4-9-14/h2-10,16H,11-12,17H2,1H3. The Morgan fingerprint density at radius 3 is 2.24 bits per heavy atom. The van der Waals surface area contributed by atoms with Crippen LogP contribution in [0.5, 0.6) is 0 Å². The molecule has 0 aromatic heterocycles. The second-order valence-corrected chi connectivity index (χ2v) is 4.47. The molecule has 0 saturated heterocycles. The second-order valence-electron chi connectivity index (χ2n) is 4.47. The molecule has 0 spiro atoms. The zero-order valence-corrected chi connectivity index (χ0v) is 10.3. The Balaban J connectivity index is 2.19. The quantitative estimate of drug-likeness (QED) is 0.849. The minimum absolute atomic E-state index is 0.414. The fourth-order valence-corrected chi connectivity index (χ4v) is 2.17. The van der Waals surface area contributed by atoms with Crippen LogP contribution in [0.4, 0.5) is 0 Å². The Kier molecular flexibility index (Phi) is 3.94. The van der Waals surface area contributed by atoms with Crippen molar-refractivity contribution in [2.24, 2.45) is 5.73 Å². The average Bonchev–Trinajstić information content (AvgIpc) is 2.39. The predicted octanol–water partition coefficient (Wildman–Crippen LogP) is 3.28. The maximum Gasteiger partial charge on any atom is 0.000167 e. The number of nitrogens with two attached hydrogens (primary N) is 1. The highest BCUT2D eigenvalue weighted by molar-refractivity contribution is 5.29. The van der Waals surface area contributed by atoms with Crippen molar-refractivity contribution >= 4 is 0 Å². The van der Waals surface area contributed by atoms with E-state index in [1.165, 1.54) is 16.7 Å². The SMILES string of the molecule is Cc1ccccc1CC(CN)c1ccccc1. The van der Waals surface area contributed by atoms with Gasteiger partial charge in [-0.05, 0) is 36.6 Å². The van der Waals surface area contributed by atoms with Gasteiger partial charge in [-0.25, -0.2) is 0 Å². The average molecular weight is 225 g/mol. The molecule has 1 nitrogen and oxygen atoms in total. The lowest BCUT2D eigenvalue weighted by Crippen LogP contribution is -2.15. The van der Waals surface area contributed by atoms with Gasteiger partial charge >= 0.3 is 0 Å². The third-order valence-electron chi connectivity index (χ3n) is 3.28. The first-order valence-electron chi connectivity index (χ1n) is 6.11. The molecule has 0 saturated carbocycles. The van der Waals surface area contributed by atoms with E-state index >= 15 is 0 Å². The van der Waals surface area contributed by atoms with Crippen molar-refractivity contribution in [2.45, 2.75) is 19.3 Å². The summed E-state index contributed by atoms with van der Waals surface area (Å²) in [5, 5.41) is 0. The summed E-state index contributed by atoms with van der Waals surface area (Å²) in [6.45, 7) is 2.85. The number of aryl methyl sites for hydroxylation is 1. The number of benzene rings is 2. The summed E-state index contributed by atoms with van der Waals surface area (Å²) >= 11 is 0. The molecule has 0 aliphatic heterocycles. The molecule has 2 aromatic rings.